The van der Waals surface area contributed by atoms with Gasteiger partial charge in [0, 0.05) is 19.0 Å². The van der Waals surface area contributed by atoms with Gasteiger partial charge in [-0.1, -0.05) is 13.3 Å². The summed E-state index contributed by atoms with van der Waals surface area (Å²) in [6, 6.07) is 0.0341. The molecule has 5 nitrogen and oxygen atoms in total. The van der Waals surface area contributed by atoms with Crippen molar-refractivity contribution >= 4 is 12.0 Å². The largest absolute Gasteiger partial charge is 0.444 e. The maximum absolute atomic E-state index is 11.8. The molecule has 2 N–H and O–H groups in total. The van der Waals surface area contributed by atoms with Gasteiger partial charge in [-0.2, -0.15) is 0 Å². The van der Waals surface area contributed by atoms with Crippen LogP contribution in [0.1, 0.15) is 59.8 Å². The Balaban J connectivity index is 2.32. The minimum atomic E-state index is -0.496. The van der Waals surface area contributed by atoms with Crippen LogP contribution in [0.15, 0.2) is 0 Å². The lowest BCUT2D eigenvalue weighted by Crippen LogP contribution is -2.46. The number of ether oxygens (including phenoxy) is 1. The van der Waals surface area contributed by atoms with Crippen LogP contribution in [0.5, 0.6) is 0 Å². The molecule has 0 bridgehead atoms. The summed E-state index contributed by atoms with van der Waals surface area (Å²) >= 11 is 0. The van der Waals surface area contributed by atoms with Crippen molar-refractivity contribution in [3.05, 3.63) is 0 Å². The van der Waals surface area contributed by atoms with E-state index in [0.29, 0.717) is 18.9 Å². The summed E-state index contributed by atoms with van der Waals surface area (Å²) in [5.74, 6) is 0.574. The van der Waals surface area contributed by atoms with Gasteiger partial charge in [-0.15, -0.1) is 0 Å². The topological polar surface area (TPSA) is 67.4 Å². The fourth-order valence-corrected chi connectivity index (χ4v) is 1.96. The maximum Gasteiger partial charge on any atom is 0.407 e. The Morgan fingerprint density at radius 3 is 2.45 bits per heavy atom. The fraction of sp³-hybridized carbons (Fsp3) is 0.867. The van der Waals surface area contributed by atoms with E-state index >= 15 is 0 Å². The molecule has 5 heteroatoms. The van der Waals surface area contributed by atoms with Gasteiger partial charge in [0.1, 0.15) is 5.60 Å². The molecule has 20 heavy (non-hydrogen) atoms. The van der Waals surface area contributed by atoms with Crippen molar-refractivity contribution in [2.45, 2.75) is 71.4 Å². The molecule has 116 valence electrons. The molecule has 1 aliphatic rings. The van der Waals surface area contributed by atoms with Gasteiger partial charge in [-0.25, -0.2) is 4.79 Å². The molecule has 0 aromatic carbocycles. The number of hydrogen-bond donors (Lipinski definition) is 2. The Morgan fingerprint density at radius 1 is 1.30 bits per heavy atom. The second-order valence-electron chi connectivity index (χ2n) is 6.50. The number of unbranched alkanes of at least 4 members (excludes halogenated alkanes) is 1. The summed E-state index contributed by atoms with van der Waals surface area (Å²) in [4.78, 5) is 23.4. The van der Waals surface area contributed by atoms with Crippen LogP contribution in [0.2, 0.25) is 0 Å². The monoisotopic (exact) mass is 284 g/mol. The van der Waals surface area contributed by atoms with Gasteiger partial charge in [0.2, 0.25) is 5.91 Å². The van der Waals surface area contributed by atoms with E-state index in [1.54, 1.807) is 0 Å². The van der Waals surface area contributed by atoms with Crippen LogP contribution in [0.4, 0.5) is 4.79 Å². The van der Waals surface area contributed by atoms with E-state index in [0.717, 1.165) is 25.7 Å². The number of amides is 2. The zero-order chi connectivity index (χ0) is 15.2. The first-order chi connectivity index (χ1) is 9.31. The molecule has 0 aromatic heterocycles. The first-order valence-corrected chi connectivity index (χ1v) is 7.58. The van der Waals surface area contributed by atoms with E-state index in [4.69, 9.17) is 4.74 Å². The van der Waals surface area contributed by atoms with E-state index in [9.17, 15) is 9.59 Å². The minimum Gasteiger partial charge on any atom is -0.444 e. The van der Waals surface area contributed by atoms with Gasteiger partial charge in [-0.3, -0.25) is 4.79 Å². The Bertz CT molecular complexity index is 333. The average Bonchev–Trinajstić information content (AvgIpc) is 3.13. The van der Waals surface area contributed by atoms with Crippen molar-refractivity contribution in [2.75, 3.05) is 6.54 Å². The molecule has 0 heterocycles. The molecule has 1 rings (SSSR count). The third kappa shape index (κ3) is 7.36. The quantitative estimate of drug-likeness (QED) is 0.755. The Hall–Kier alpha value is -1.26. The van der Waals surface area contributed by atoms with Gasteiger partial charge in [0.25, 0.3) is 0 Å². The number of rotatable bonds is 7. The van der Waals surface area contributed by atoms with Crippen LogP contribution < -0.4 is 10.6 Å². The molecule has 0 spiro atoms. The minimum absolute atomic E-state index is 0.0341. The van der Waals surface area contributed by atoms with Crippen LogP contribution in [0, 0.1) is 5.92 Å². The van der Waals surface area contributed by atoms with Crippen molar-refractivity contribution in [3.63, 3.8) is 0 Å². The van der Waals surface area contributed by atoms with Crippen LogP contribution >= 0.6 is 0 Å². The highest BCUT2D eigenvalue weighted by molar-refractivity contribution is 5.76. The van der Waals surface area contributed by atoms with Gasteiger partial charge < -0.3 is 15.4 Å². The Morgan fingerprint density at radius 2 is 1.95 bits per heavy atom. The molecular formula is C15H28N2O3. The first-order valence-electron chi connectivity index (χ1n) is 7.58. The summed E-state index contributed by atoms with van der Waals surface area (Å²) in [6.07, 6.45) is 4.29. The smallest absolute Gasteiger partial charge is 0.407 e. The van der Waals surface area contributed by atoms with E-state index < -0.39 is 11.7 Å². The van der Waals surface area contributed by atoms with Gasteiger partial charge >= 0.3 is 6.09 Å². The Labute approximate surface area is 121 Å². The highest BCUT2D eigenvalue weighted by atomic mass is 16.6. The number of hydrogen-bond acceptors (Lipinski definition) is 3. The molecule has 1 saturated carbocycles. The highest BCUT2D eigenvalue weighted by Gasteiger charge is 2.32. The van der Waals surface area contributed by atoms with E-state index in [-0.39, 0.29) is 11.9 Å². The molecule has 0 aliphatic heterocycles. The summed E-state index contributed by atoms with van der Waals surface area (Å²) in [6.45, 7) is 8.00. The normalized spacial score (nSPS) is 16.4. The second kappa shape index (κ2) is 7.50. The van der Waals surface area contributed by atoms with Crippen molar-refractivity contribution in [2.24, 2.45) is 5.92 Å². The van der Waals surface area contributed by atoms with Gasteiger partial charge in [0.15, 0.2) is 0 Å². The maximum atomic E-state index is 11.8. The number of carbonyl (C=O) groups excluding carboxylic acids is 2. The second-order valence-corrected chi connectivity index (χ2v) is 6.50. The van der Waals surface area contributed by atoms with Gasteiger partial charge in [-0.05, 0) is 46.0 Å². The van der Waals surface area contributed by atoms with E-state index in [1.807, 2.05) is 20.8 Å². The van der Waals surface area contributed by atoms with E-state index in [2.05, 4.69) is 17.6 Å². The third-order valence-corrected chi connectivity index (χ3v) is 3.16. The van der Waals surface area contributed by atoms with E-state index in [1.165, 1.54) is 0 Å². The molecule has 2 amide bonds. The molecule has 1 atom stereocenters. The zero-order valence-corrected chi connectivity index (χ0v) is 13.1. The summed E-state index contributed by atoms with van der Waals surface area (Å²) in [7, 11) is 0. The lowest BCUT2D eigenvalue weighted by atomic mass is 10.1. The van der Waals surface area contributed by atoms with Crippen LogP contribution in [-0.4, -0.2) is 30.2 Å². The predicted molar refractivity (Wildman–Crippen MR) is 78.4 cm³/mol. The summed E-state index contributed by atoms with van der Waals surface area (Å²) < 4.78 is 5.20. The third-order valence-electron chi connectivity index (χ3n) is 3.16. The molecular weight excluding hydrogens is 256 g/mol. The SMILES string of the molecule is CCCCC(=O)N[C@H](CNC(=O)OC(C)(C)C)C1CC1. The first kappa shape index (κ1) is 16.8. The lowest BCUT2D eigenvalue weighted by molar-refractivity contribution is -0.122. The molecule has 0 aromatic rings. The van der Waals surface area contributed by atoms with Crippen molar-refractivity contribution in [1.29, 1.82) is 0 Å². The summed E-state index contributed by atoms with van der Waals surface area (Å²) in [5.41, 5.74) is -0.496. The standard InChI is InChI=1S/C15H28N2O3/c1-5-6-7-13(18)17-12(11-8-9-11)10-16-14(19)20-15(2,3)4/h11-12H,5-10H2,1-4H3,(H,16,19)(H,17,18)/t12-/m1/s1. The predicted octanol–water partition coefficient (Wildman–Crippen LogP) is 2.60. The number of nitrogens with one attached hydrogen (secondary N) is 2. The average molecular weight is 284 g/mol. The van der Waals surface area contributed by atoms with Crippen molar-refractivity contribution in [1.82, 2.24) is 10.6 Å². The number of carbonyl (C=O) groups is 2. The highest BCUT2D eigenvalue weighted by Crippen LogP contribution is 2.32. The van der Waals surface area contributed by atoms with Crippen molar-refractivity contribution in [3.8, 4) is 0 Å². The van der Waals surface area contributed by atoms with Crippen molar-refractivity contribution < 1.29 is 14.3 Å². The molecule has 0 unspecified atom stereocenters. The molecule has 1 fully saturated rings. The number of alkyl carbamates (subject to hydrolysis) is 1. The molecule has 0 saturated heterocycles. The van der Waals surface area contributed by atoms with Crippen LogP contribution in [-0.2, 0) is 9.53 Å². The fourth-order valence-electron chi connectivity index (χ4n) is 1.96. The zero-order valence-electron chi connectivity index (χ0n) is 13.1. The van der Waals surface area contributed by atoms with Crippen LogP contribution in [0.25, 0.3) is 0 Å². The Kier molecular flexibility index (Phi) is 6.30. The molecule has 1 aliphatic carbocycles. The lowest BCUT2D eigenvalue weighted by Gasteiger charge is -2.22. The summed E-state index contributed by atoms with van der Waals surface area (Å²) in [5, 5.41) is 5.77. The van der Waals surface area contributed by atoms with Gasteiger partial charge in [0.05, 0.1) is 0 Å². The van der Waals surface area contributed by atoms with Crippen LogP contribution in [0.3, 0.4) is 0 Å². The molecule has 0 radical (unpaired) electrons.